The zero-order valence-corrected chi connectivity index (χ0v) is 13.5. The van der Waals surface area contributed by atoms with E-state index < -0.39 is 0 Å². The Kier molecular flexibility index (Phi) is 4.85. The SMILES string of the molecule is O=C(CCCc1cccs1)Nc1cc2c(cc1Cl)OCCO2. The summed E-state index contributed by atoms with van der Waals surface area (Å²) in [6.07, 6.45) is 2.19. The van der Waals surface area contributed by atoms with Gasteiger partial charge in [-0.05, 0) is 24.3 Å². The van der Waals surface area contributed by atoms with Crippen LogP contribution in [0.3, 0.4) is 0 Å². The first-order chi connectivity index (χ1) is 10.7. The monoisotopic (exact) mass is 337 g/mol. The van der Waals surface area contributed by atoms with Gasteiger partial charge in [-0.25, -0.2) is 0 Å². The van der Waals surface area contributed by atoms with E-state index in [1.807, 2.05) is 11.4 Å². The number of anilines is 1. The minimum atomic E-state index is -0.0462. The van der Waals surface area contributed by atoms with E-state index in [2.05, 4.69) is 11.4 Å². The molecule has 1 aliphatic heterocycles. The first-order valence-corrected chi connectivity index (χ1v) is 8.39. The summed E-state index contributed by atoms with van der Waals surface area (Å²) in [5, 5.41) is 5.34. The number of carbonyl (C=O) groups is 1. The van der Waals surface area contributed by atoms with Crippen LogP contribution in [0, 0.1) is 0 Å². The number of ether oxygens (including phenoxy) is 2. The van der Waals surface area contributed by atoms with E-state index in [-0.39, 0.29) is 5.91 Å². The van der Waals surface area contributed by atoms with Crippen molar-refractivity contribution in [3.05, 3.63) is 39.5 Å². The zero-order valence-electron chi connectivity index (χ0n) is 11.9. The van der Waals surface area contributed by atoms with E-state index in [1.54, 1.807) is 23.5 Å². The van der Waals surface area contributed by atoms with Gasteiger partial charge in [-0.15, -0.1) is 11.3 Å². The van der Waals surface area contributed by atoms with Crippen LogP contribution in [0.5, 0.6) is 11.5 Å². The first kappa shape index (κ1) is 15.2. The summed E-state index contributed by atoms with van der Waals surface area (Å²) in [6, 6.07) is 7.50. The maximum Gasteiger partial charge on any atom is 0.224 e. The second-order valence-corrected chi connectivity index (χ2v) is 6.40. The Balaban J connectivity index is 1.56. The molecule has 4 nitrogen and oxygen atoms in total. The summed E-state index contributed by atoms with van der Waals surface area (Å²) in [7, 11) is 0. The second kappa shape index (κ2) is 7.03. The number of thiophene rings is 1. The number of hydrogen-bond acceptors (Lipinski definition) is 4. The summed E-state index contributed by atoms with van der Waals surface area (Å²) in [5.41, 5.74) is 0.562. The molecule has 6 heteroatoms. The van der Waals surface area contributed by atoms with Gasteiger partial charge in [0.05, 0.1) is 10.7 Å². The minimum Gasteiger partial charge on any atom is -0.486 e. The summed E-state index contributed by atoms with van der Waals surface area (Å²) < 4.78 is 10.9. The lowest BCUT2D eigenvalue weighted by Gasteiger charge is -2.20. The highest BCUT2D eigenvalue weighted by Crippen LogP contribution is 2.38. The molecule has 0 unspecified atom stereocenters. The Morgan fingerprint density at radius 2 is 2.05 bits per heavy atom. The van der Waals surface area contributed by atoms with Crippen molar-refractivity contribution in [2.75, 3.05) is 18.5 Å². The first-order valence-electron chi connectivity index (χ1n) is 7.14. The molecule has 1 aromatic carbocycles. The molecular weight excluding hydrogens is 322 g/mol. The molecule has 0 saturated carbocycles. The molecule has 0 saturated heterocycles. The quantitative estimate of drug-likeness (QED) is 0.892. The molecule has 0 atom stereocenters. The fraction of sp³-hybridized carbons (Fsp3) is 0.312. The predicted molar refractivity (Wildman–Crippen MR) is 88.3 cm³/mol. The summed E-state index contributed by atoms with van der Waals surface area (Å²) in [6.45, 7) is 1.01. The van der Waals surface area contributed by atoms with Crippen LogP contribution in [-0.4, -0.2) is 19.1 Å². The summed E-state index contributed by atoms with van der Waals surface area (Å²) >= 11 is 7.89. The molecule has 2 aromatic rings. The van der Waals surface area contributed by atoms with E-state index in [1.165, 1.54) is 4.88 Å². The van der Waals surface area contributed by atoms with Gasteiger partial charge < -0.3 is 14.8 Å². The van der Waals surface area contributed by atoms with Crippen molar-refractivity contribution in [1.82, 2.24) is 0 Å². The number of aryl methyl sites for hydroxylation is 1. The number of carbonyl (C=O) groups excluding carboxylic acids is 1. The number of rotatable bonds is 5. The van der Waals surface area contributed by atoms with E-state index in [0.717, 1.165) is 12.8 Å². The van der Waals surface area contributed by atoms with Gasteiger partial charge in [-0.3, -0.25) is 4.79 Å². The van der Waals surface area contributed by atoms with Gasteiger partial charge in [0.15, 0.2) is 11.5 Å². The highest BCUT2D eigenvalue weighted by Gasteiger charge is 2.16. The van der Waals surface area contributed by atoms with Crippen LogP contribution in [-0.2, 0) is 11.2 Å². The van der Waals surface area contributed by atoms with Crippen LogP contribution in [0.1, 0.15) is 17.7 Å². The molecule has 1 amide bonds. The number of amides is 1. The van der Waals surface area contributed by atoms with Gasteiger partial charge in [0, 0.05) is 23.4 Å². The third kappa shape index (κ3) is 3.72. The van der Waals surface area contributed by atoms with Crippen molar-refractivity contribution in [2.45, 2.75) is 19.3 Å². The predicted octanol–water partition coefficient (Wildman–Crippen LogP) is 4.13. The molecule has 0 bridgehead atoms. The maximum atomic E-state index is 12.0. The summed E-state index contributed by atoms with van der Waals surface area (Å²) in [4.78, 5) is 13.3. The number of benzene rings is 1. The van der Waals surface area contributed by atoms with E-state index in [0.29, 0.717) is 41.8 Å². The van der Waals surface area contributed by atoms with Crippen LogP contribution in [0.15, 0.2) is 29.6 Å². The Hall–Kier alpha value is -1.72. The lowest BCUT2D eigenvalue weighted by molar-refractivity contribution is -0.116. The third-order valence-electron chi connectivity index (χ3n) is 3.31. The van der Waals surface area contributed by atoms with E-state index in [9.17, 15) is 4.79 Å². The van der Waals surface area contributed by atoms with E-state index in [4.69, 9.17) is 21.1 Å². The molecule has 1 N–H and O–H groups in total. The standard InChI is InChI=1S/C16H16ClNO3S/c17-12-9-14-15(21-7-6-20-14)10-13(12)18-16(19)5-1-3-11-4-2-8-22-11/h2,4,8-10H,1,3,5-7H2,(H,18,19). The van der Waals surface area contributed by atoms with Gasteiger partial charge >= 0.3 is 0 Å². The lowest BCUT2D eigenvalue weighted by Crippen LogP contribution is -2.16. The van der Waals surface area contributed by atoms with Crippen molar-refractivity contribution in [3.63, 3.8) is 0 Å². The second-order valence-electron chi connectivity index (χ2n) is 4.96. The lowest BCUT2D eigenvalue weighted by atomic mass is 10.2. The van der Waals surface area contributed by atoms with Crippen molar-refractivity contribution < 1.29 is 14.3 Å². The Morgan fingerprint density at radius 3 is 2.77 bits per heavy atom. The molecule has 22 heavy (non-hydrogen) atoms. The molecule has 2 heterocycles. The van der Waals surface area contributed by atoms with Gasteiger partial charge in [0.2, 0.25) is 5.91 Å². The zero-order chi connectivity index (χ0) is 15.4. The Morgan fingerprint density at radius 1 is 1.27 bits per heavy atom. The van der Waals surface area contributed by atoms with Gasteiger partial charge in [0.1, 0.15) is 13.2 Å². The van der Waals surface area contributed by atoms with Gasteiger partial charge in [-0.2, -0.15) is 0 Å². The van der Waals surface area contributed by atoms with Crippen LogP contribution in [0.2, 0.25) is 5.02 Å². The number of fused-ring (bicyclic) bond motifs is 1. The fourth-order valence-corrected chi connectivity index (χ4v) is 3.20. The molecule has 0 radical (unpaired) electrons. The molecule has 0 spiro atoms. The molecular formula is C16H16ClNO3S. The normalized spacial score (nSPS) is 13.0. The van der Waals surface area contributed by atoms with Gasteiger partial charge in [-0.1, -0.05) is 17.7 Å². The van der Waals surface area contributed by atoms with Gasteiger partial charge in [0.25, 0.3) is 0 Å². The highest BCUT2D eigenvalue weighted by molar-refractivity contribution is 7.09. The average molecular weight is 338 g/mol. The Bertz CT molecular complexity index is 658. The van der Waals surface area contributed by atoms with Crippen molar-refractivity contribution in [3.8, 4) is 11.5 Å². The number of halogens is 1. The number of hydrogen-bond donors (Lipinski definition) is 1. The minimum absolute atomic E-state index is 0.0462. The van der Waals surface area contributed by atoms with E-state index >= 15 is 0 Å². The summed E-state index contributed by atoms with van der Waals surface area (Å²) in [5.74, 6) is 1.19. The molecule has 116 valence electrons. The van der Waals surface area contributed by atoms with Crippen LogP contribution in [0.25, 0.3) is 0 Å². The molecule has 0 fully saturated rings. The molecule has 1 aliphatic rings. The van der Waals surface area contributed by atoms with Crippen LogP contribution < -0.4 is 14.8 Å². The number of nitrogens with one attached hydrogen (secondary N) is 1. The molecule has 1 aromatic heterocycles. The smallest absolute Gasteiger partial charge is 0.224 e. The topological polar surface area (TPSA) is 47.6 Å². The molecule has 3 rings (SSSR count). The fourth-order valence-electron chi connectivity index (χ4n) is 2.25. The van der Waals surface area contributed by atoms with Crippen LogP contribution >= 0.6 is 22.9 Å². The maximum absolute atomic E-state index is 12.0. The third-order valence-corrected chi connectivity index (χ3v) is 4.56. The van der Waals surface area contributed by atoms with Crippen LogP contribution in [0.4, 0.5) is 5.69 Å². The van der Waals surface area contributed by atoms with Crippen molar-refractivity contribution >= 4 is 34.5 Å². The largest absolute Gasteiger partial charge is 0.486 e. The Labute approximate surface area is 138 Å². The van der Waals surface area contributed by atoms with Crippen molar-refractivity contribution in [2.24, 2.45) is 0 Å². The van der Waals surface area contributed by atoms with Crippen molar-refractivity contribution in [1.29, 1.82) is 0 Å². The highest BCUT2D eigenvalue weighted by atomic mass is 35.5. The average Bonchev–Trinajstić information content (AvgIpc) is 3.01. The molecule has 0 aliphatic carbocycles.